The Kier molecular flexibility index (Phi) is 3.26. The van der Waals surface area contributed by atoms with Crippen molar-refractivity contribution < 1.29 is 4.79 Å². The minimum absolute atomic E-state index is 0.0749. The summed E-state index contributed by atoms with van der Waals surface area (Å²) >= 11 is 0. The molecule has 4 rings (SSSR count). The van der Waals surface area contributed by atoms with E-state index in [0.29, 0.717) is 6.54 Å². The number of aromatic nitrogens is 3. The maximum atomic E-state index is 12.9. The van der Waals surface area contributed by atoms with Crippen molar-refractivity contribution >= 4 is 5.91 Å². The van der Waals surface area contributed by atoms with E-state index in [1.165, 1.54) is 0 Å². The summed E-state index contributed by atoms with van der Waals surface area (Å²) in [5.41, 5.74) is 3.96. The fraction of sp³-hybridized carbons (Fsp3) is 0.222. The Morgan fingerprint density at radius 3 is 2.83 bits per heavy atom. The van der Waals surface area contributed by atoms with Crippen LogP contribution in [0, 0.1) is 0 Å². The van der Waals surface area contributed by atoms with Crippen LogP contribution in [0.5, 0.6) is 0 Å². The van der Waals surface area contributed by atoms with E-state index in [1.807, 2.05) is 76.2 Å². The second-order valence-corrected chi connectivity index (χ2v) is 5.87. The molecule has 0 atom stereocenters. The molecule has 1 aliphatic heterocycles. The van der Waals surface area contributed by atoms with Crippen LogP contribution < -0.4 is 0 Å². The zero-order chi connectivity index (χ0) is 15.8. The molecule has 3 aromatic rings. The molecule has 0 spiro atoms. The number of hydrogen-bond acceptors (Lipinski definition) is 2. The molecule has 2 aromatic heterocycles. The molecule has 0 N–H and O–H groups in total. The lowest BCUT2D eigenvalue weighted by Gasteiger charge is -2.27. The van der Waals surface area contributed by atoms with Gasteiger partial charge in [0.25, 0.3) is 5.91 Å². The zero-order valence-electron chi connectivity index (χ0n) is 13.0. The molecule has 0 radical (unpaired) electrons. The molecule has 3 heterocycles. The molecule has 0 aliphatic carbocycles. The van der Waals surface area contributed by atoms with E-state index in [4.69, 9.17) is 0 Å². The molecule has 1 amide bonds. The quantitative estimate of drug-likeness (QED) is 0.730. The lowest BCUT2D eigenvalue weighted by atomic mass is 10.1. The minimum Gasteiger partial charge on any atom is -0.336 e. The van der Waals surface area contributed by atoms with E-state index in [-0.39, 0.29) is 5.91 Å². The van der Waals surface area contributed by atoms with Gasteiger partial charge in [-0.15, -0.1) is 0 Å². The van der Waals surface area contributed by atoms with Crippen molar-refractivity contribution in [2.45, 2.75) is 13.0 Å². The Morgan fingerprint density at radius 2 is 2.00 bits per heavy atom. The Labute approximate surface area is 134 Å². The zero-order valence-corrected chi connectivity index (χ0v) is 13.0. The molecule has 5 heteroatoms. The average Bonchev–Trinajstić information content (AvgIpc) is 3.25. The van der Waals surface area contributed by atoms with Crippen LogP contribution in [0.4, 0.5) is 0 Å². The predicted molar refractivity (Wildman–Crippen MR) is 87.4 cm³/mol. The number of nitrogens with zero attached hydrogens (tertiary/aromatic N) is 4. The number of imidazole rings is 1. The first-order valence-electron chi connectivity index (χ1n) is 7.74. The SMILES string of the molecule is Cn1cnc2c1CN(C(=O)c1cccc(-n3cccc3)c1)CC2. The third kappa shape index (κ3) is 2.44. The molecule has 1 aromatic carbocycles. The van der Waals surface area contributed by atoms with Crippen molar-refractivity contribution in [3.05, 3.63) is 72.1 Å². The van der Waals surface area contributed by atoms with E-state index in [0.717, 1.165) is 35.6 Å². The Balaban J connectivity index is 1.60. The van der Waals surface area contributed by atoms with Gasteiger partial charge in [-0.1, -0.05) is 6.07 Å². The van der Waals surface area contributed by atoms with E-state index < -0.39 is 0 Å². The molecule has 1 aliphatic rings. The van der Waals surface area contributed by atoms with Crippen molar-refractivity contribution in [1.82, 2.24) is 19.0 Å². The monoisotopic (exact) mass is 306 g/mol. The number of benzene rings is 1. The molecule has 0 saturated carbocycles. The summed E-state index contributed by atoms with van der Waals surface area (Å²) in [5, 5.41) is 0. The van der Waals surface area contributed by atoms with E-state index in [2.05, 4.69) is 4.98 Å². The summed E-state index contributed by atoms with van der Waals surface area (Å²) in [6, 6.07) is 11.7. The van der Waals surface area contributed by atoms with Gasteiger partial charge < -0.3 is 14.0 Å². The second-order valence-electron chi connectivity index (χ2n) is 5.87. The van der Waals surface area contributed by atoms with E-state index in [9.17, 15) is 4.79 Å². The molecular formula is C18H18N4O. The maximum absolute atomic E-state index is 12.9. The van der Waals surface area contributed by atoms with Gasteiger partial charge in [0.05, 0.1) is 24.3 Å². The van der Waals surface area contributed by atoms with Gasteiger partial charge in [-0.3, -0.25) is 4.79 Å². The van der Waals surface area contributed by atoms with Crippen LogP contribution in [0.3, 0.4) is 0 Å². The molecule has 0 saturated heterocycles. The van der Waals surface area contributed by atoms with Gasteiger partial charge in [0, 0.05) is 43.7 Å². The lowest BCUT2D eigenvalue weighted by Crippen LogP contribution is -2.36. The lowest BCUT2D eigenvalue weighted by molar-refractivity contribution is 0.0730. The average molecular weight is 306 g/mol. The highest BCUT2D eigenvalue weighted by Crippen LogP contribution is 2.20. The first kappa shape index (κ1) is 13.8. The summed E-state index contributed by atoms with van der Waals surface area (Å²) in [7, 11) is 1.98. The van der Waals surface area contributed by atoms with Crippen LogP contribution >= 0.6 is 0 Å². The van der Waals surface area contributed by atoms with Crippen molar-refractivity contribution in [3.63, 3.8) is 0 Å². The smallest absolute Gasteiger partial charge is 0.254 e. The van der Waals surface area contributed by atoms with Gasteiger partial charge in [-0.2, -0.15) is 0 Å². The minimum atomic E-state index is 0.0749. The number of aryl methyl sites for hydroxylation is 1. The van der Waals surface area contributed by atoms with Crippen LogP contribution in [0.2, 0.25) is 0 Å². The topological polar surface area (TPSA) is 43.1 Å². The highest BCUT2D eigenvalue weighted by Gasteiger charge is 2.24. The van der Waals surface area contributed by atoms with Crippen LogP contribution in [0.15, 0.2) is 55.1 Å². The van der Waals surface area contributed by atoms with Crippen LogP contribution in [0.1, 0.15) is 21.7 Å². The number of carbonyl (C=O) groups excluding carboxylic acids is 1. The summed E-state index contributed by atoms with van der Waals surface area (Å²) in [4.78, 5) is 19.1. The van der Waals surface area contributed by atoms with Crippen LogP contribution in [0.25, 0.3) is 5.69 Å². The fourth-order valence-electron chi connectivity index (χ4n) is 3.08. The summed E-state index contributed by atoms with van der Waals surface area (Å²) in [6.45, 7) is 1.34. The standard InChI is InChI=1S/C18H18N4O/c1-20-13-19-16-7-10-22(12-17(16)20)18(23)14-5-4-6-15(11-14)21-8-2-3-9-21/h2-6,8-9,11,13H,7,10,12H2,1H3. The number of carbonyl (C=O) groups is 1. The van der Waals surface area contributed by atoms with Gasteiger partial charge in [-0.25, -0.2) is 4.98 Å². The fourth-order valence-corrected chi connectivity index (χ4v) is 3.08. The number of hydrogen-bond donors (Lipinski definition) is 0. The first-order valence-corrected chi connectivity index (χ1v) is 7.74. The third-order valence-electron chi connectivity index (χ3n) is 4.39. The molecule has 23 heavy (non-hydrogen) atoms. The summed E-state index contributed by atoms with van der Waals surface area (Å²) < 4.78 is 4.01. The van der Waals surface area contributed by atoms with Gasteiger partial charge in [0.2, 0.25) is 0 Å². The van der Waals surface area contributed by atoms with E-state index >= 15 is 0 Å². The normalized spacial score (nSPS) is 13.9. The number of rotatable bonds is 2. The van der Waals surface area contributed by atoms with Crippen LogP contribution in [-0.2, 0) is 20.0 Å². The maximum Gasteiger partial charge on any atom is 0.254 e. The number of fused-ring (bicyclic) bond motifs is 1. The number of amides is 1. The van der Waals surface area contributed by atoms with Gasteiger partial charge in [0.1, 0.15) is 0 Å². The highest BCUT2D eigenvalue weighted by atomic mass is 16.2. The largest absolute Gasteiger partial charge is 0.336 e. The molecule has 5 nitrogen and oxygen atoms in total. The predicted octanol–water partition coefficient (Wildman–Crippen LogP) is 2.41. The van der Waals surface area contributed by atoms with Gasteiger partial charge >= 0.3 is 0 Å². The Bertz CT molecular complexity index is 848. The van der Waals surface area contributed by atoms with Crippen molar-refractivity contribution in [3.8, 4) is 5.69 Å². The van der Waals surface area contributed by atoms with E-state index in [1.54, 1.807) is 0 Å². The highest BCUT2D eigenvalue weighted by molar-refractivity contribution is 5.94. The molecule has 0 unspecified atom stereocenters. The Hall–Kier alpha value is -2.82. The van der Waals surface area contributed by atoms with Gasteiger partial charge in [-0.05, 0) is 30.3 Å². The van der Waals surface area contributed by atoms with Crippen molar-refractivity contribution in [2.75, 3.05) is 6.54 Å². The van der Waals surface area contributed by atoms with Crippen molar-refractivity contribution in [1.29, 1.82) is 0 Å². The molecule has 0 bridgehead atoms. The third-order valence-corrected chi connectivity index (χ3v) is 4.39. The summed E-state index contributed by atoms with van der Waals surface area (Å²) in [6.07, 6.45) is 6.60. The van der Waals surface area contributed by atoms with Crippen LogP contribution in [-0.4, -0.2) is 31.5 Å². The summed E-state index contributed by atoms with van der Waals surface area (Å²) in [5.74, 6) is 0.0749. The van der Waals surface area contributed by atoms with Gasteiger partial charge in [0.15, 0.2) is 0 Å². The van der Waals surface area contributed by atoms with Crippen molar-refractivity contribution in [2.24, 2.45) is 7.05 Å². The second kappa shape index (κ2) is 5.43. The Morgan fingerprint density at radius 1 is 1.17 bits per heavy atom. The first-order chi connectivity index (χ1) is 11.2. The molecule has 0 fully saturated rings. The molecule has 116 valence electrons. The molecular weight excluding hydrogens is 288 g/mol.